The standard InChI is InChI=1S/C28H46O2/c1-18(2)9-7-10-19(3)23-12-13-24-21(11-8-14-27(23,24)5)15-26(30-6)28-17-22(28)16-25(29)20(28)4/h15,18-19,22-26,29H,4,7-14,16-17H2,1-3,5-6H3/b21-15+/t19-,22-,23-,24+,25+,26-,27-,28+/m1/s1. The molecule has 4 saturated carbocycles. The van der Waals surface area contributed by atoms with Gasteiger partial charge in [-0.15, -0.1) is 0 Å². The second kappa shape index (κ2) is 8.39. The van der Waals surface area contributed by atoms with Crippen LogP contribution in [-0.4, -0.2) is 24.4 Å². The van der Waals surface area contributed by atoms with E-state index in [1.807, 2.05) is 7.11 Å². The minimum atomic E-state index is -0.320. The molecule has 0 aromatic rings. The first-order valence-electron chi connectivity index (χ1n) is 12.8. The lowest BCUT2D eigenvalue weighted by atomic mass is 9.60. The average Bonchev–Trinajstić information content (AvgIpc) is 3.20. The van der Waals surface area contributed by atoms with E-state index in [0.717, 1.165) is 42.1 Å². The van der Waals surface area contributed by atoms with Gasteiger partial charge in [0.1, 0.15) is 0 Å². The van der Waals surface area contributed by atoms with Crippen LogP contribution >= 0.6 is 0 Å². The Balaban J connectivity index is 1.49. The maximum atomic E-state index is 10.3. The summed E-state index contributed by atoms with van der Waals surface area (Å²) < 4.78 is 6.08. The lowest BCUT2D eigenvalue weighted by Gasteiger charge is -2.45. The van der Waals surface area contributed by atoms with Gasteiger partial charge < -0.3 is 9.84 Å². The molecule has 0 heterocycles. The van der Waals surface area contributed by atoms with Crippen molar-refractivity contribution in [3.8, 4) is 0 Å². The summed E-state index contributed by atoms with van der Waals surface area (Å²) in [5.74, 6) is 3.85. The van der Waals surface area contributed by atoms with Crippen LogP contribution in [0, 0.1) is 40.4 Å². The first-order chi connectivity index (χ1) is 14.2. The van der Waals surface area contributed by atoms with E-state index < -0.39 is 0 Å². The molecular weight excluding hydrogens is 368 g/mol. The van der Waals surface area contributed by atoms with Gasteiger partial charge in [0.25, 0.3) is 0 Å². The number of aliphatic hydroxyl groups is 1. The molecule has 1 N–H and O–H groups in total. The molecule has 0 saturated heterocycles. The number of ether oxygens (including phenoxy) is 1. The highest BCUT2D eigenvalue weighted by atomic mass is 16.5. The van der Waals surface area contributed by atoms with Crippen LogP contribution in [0.4, 0.5) is 0 Å². The Bertz CT molecular complexity index is 678. The van der Waals surface area contributed by atoms with Gasteiger partial charge in [-0.05, 0) is 85.5 Å². The minimum Gasteiger partial charge on any atom is -0.389 e. The number of hydrogen-bond donors (Lipinski definition) is 1. The monoisotopic (exact) mass is 414 g/mol. The van der Waals surface area contributed by atoms with Crippen LogP contribution in [0.15, 0.2) is 23.8 Å². The smallest absolute Gasteiger partial charge is 0.0851 e. The first-order valence-corrected chi connectivity index (χ1v) is 12.8. The van der Waals surface area contributed by atoms with Crippen LogP contribution in [-0.2, 0) is 4.74 Å². The van der Waals surface area contributed by atoms with E-state index in [4.69, 9.17) is 4.74 Å². The van der Waals surface area contributed by atoms with Crippen molar-refractivity contribution in [3.05, 3.63) is 23.8 Å². The van der Waals surface area contributed by atoms with Crippen molar-refractivity contribution in [1.29, 1.82) is 0 Å². The molecule has 30 heavy (non-hydrogen) atoms. The minimum absolute atomic E-state index is 0.0250. The zero-order chi connectivity index (χ0) is 21.7. The van der Waals surface area contributed by atoms with E-state index in [2.05, 4.69) is 40.3 Å². The Kier molecular flexibility index (Phi) is 6.32. The molecule has 0 amide bonds. The quantitative estimate of drug-likeness (QED) is 0.436. The predicted molar refractivity (Wildman–Crippen MR) is 125 cm³/mol. The Morgan fingerprint density at radius 1 is 1.23 bits per heavy atom. The van der Waals surface area contributed by atoms with Crippen molar-refractivity contribution >= 4 is 0 Å². The Labute approximate surface area is 185 Å². The van der Waals surface area contributed by atoms with Gasteiger partial charge in [0, 0.05) is 12.5 Å². The van der Waals surface area contributed by atoms with E-state index in [1.165, 1.54) is 51.4 Å². The molecule has 4 aliphatic carbocycles. The maximum absolute atomic E-state index is 10.3. The average molecular weight is 415 g/mol. The summed E-state index contributed by atoms with van der Waals surface area (Å²) in [6, 6.07) is 0. The molecule has 0 aromatic carbocycles. The van der Waals surface area contributed by atoms with Gasteiger partial charge in [-0.2, -0.15) is 0 Å². The van der Waals surface area contributed by atoms with Crippen molar-refractivity contribution in [2.45, 2.75) is 104 Å². The molecule has 0 aromatic heterocycles. The van der Waals surface area contributed by atoms with Gasteiger partial charge >= 0.3 is 0 Å². The summed E-state index contributed by atoms with van der Waals surface area (Å²) in [6.07, 6.45) is 15.2. The lowest BCUT2D eigenvalue weighted by Crippen LogP contribution is -2.37. The number of aliphatic hydroxyl groups excluding tert-OH is 1. The fourth-order valence-electron chi connectivity index (χ4n) is 8.17. The van der Waals surface area contributed by atoms with Crippen LogP contribution < -0.4 is 0 Å². The SMILES string of the molecule is C=C1[C@@H](O)C[C@@H]2C[C@]12[C@@H](/C=C1\CCC[C@]2(C)[C@@H]([C@H](C)CCCC(C)C)CC[C@@H]12)OC. The van der Waals surface area contributed by atoms with Crippen molar-refractivity contribution in [3.63, 3.8) is 0 Å². The second-order valence-corrected chi connectivity index (χ2v) is 12.0. The van der Waals surface area contributed by atoms with E-state index in [0.29, 0.717) is 11.3 Å². The van der Waals surface area contributed by atoms with Crippen molar-refractivity contribution in [1.82, 2.24) is 0 Å². The molecule has 0 aliphatic heterocycles. The van der Waals surface area contributed by atoms with Gasteiger partial charge in [0.15, 0.2) is 0 Å². The van der Waals surface area contributed by atoms with Crippen LogP contribution in [0.25, 0.3) is 0 Å². The molecule has 4 aliphatic rings. The summed E-state index contributed by atoms with van der Waals surface area (Å²) in [5, 5.41) is 10.3. The third-order valence-electron chi connectivity index (χ3n) is 9.95. The van der Waals surface area contributed by atoms with Crippen LogP contribution in [0.2, 0.25) is 0 Å². The highest BCUT2D eigenvalue weighted by Crippen LogP contribution is 2.69. The molecule has 4 rings (SSSR count). The van der Waals surface area contributed by atoms with Gasteiger partial charge in [-0.1, -0.05) is 65.2 Å². The molecule has 4 fully saturated rings. The van der Waals surface area contributed by atoms with Crippen molar-refractivity contribution in [2.24, 2.45) is 40.4 Å². The molecule has 2 nitrogen and oxygen atoms in total. The van der Waals surface area contributed by atoms with Gasteiger partial charge in [-0.3, -0.25) is 0 Å². The Morgan fingerprint density at radius 2 is 2.00 bits per heavy atom. The largest absolute Gasteiger partial charge is 0.389 e. The highest BCUT2D eigenvalue weighted by Gasteiger charge is 2.66. The zero-order valence-corrected chi connectivity index (χ0v) is 20.3. The number of allylic oxidation sites excluding steroid dienone is 1. The lowest BCUT2D eigenvalue weighted by molar-refractivity contribution is 0.0758. The topological polar surface area (TPSA) is 29.5 Å². The molecule has 0 spiro atoms. The molecule has 170 valence electrons. The molecule has 0 unspecified atom stereocenters. The maximum Gasteiger partial charge on any atom is 0.0851 e. The van der Waals surface area contributed by atoms with E-state index in [-0.39, 0.29) is 17.6 Å². The predicted octanol–water partition coefficient (Wildman–Crippen LogP) is 6.93. The summed E-state index contributed by atoms with van der Waals surface area (Å²) >= 11 is 0. The van der Waals surface area contributed by atoms with Gasteiger partial charge in [0.2, 0.25) is 0 Å². The Hall–Kier alpha value is -0.600. The van der Waals surface area contributed by atoms with Crippen LogP contribution in [0.5, 0.6) is 0 Å². The molecular formula is C28H46O2. The molecule has 0 bridgehead atoms. The normalized spacial score (nSPS) is 43.7. The van der Waals surface area contributed by atoms with Gasteiger partial charge in [-0.25, -0.2) is 0 Å². The van der Waals surface area contributed by atoms with E-state index in [9.17, 15) is 5.11 Å². The fraction of sp³-hybridized carbons (Fsp3) is 0.857. The summed E-state index contributed by atoms with van der Waals surface area (Å²) in [5.41, 5.74) is 3.20. The van der Waals surface area contributed by atoms with Crippen molar-refractivity contribution in [2.75, 3.05) is 7.11 Å². The Morgan fingerprint density at radius 3 is 2.63 bits per heavy atom. The number of hydrogen-bond acceptors (Lipinski definition) is 2. The summed E-state index contributed by atoms with van der Waals surface area (Å²) in [6.45, 7) is 14.1. The fourth-order valence-corrected chi connectivity index (χ4v) is 8.17. The van der Waals surface area contributed by atoms with Crippen LogP contribution in [0.1, 0.15) is 91.9 Å². The third kappa shape index (κ3) is 3.64. The summed E-state index contributed by atoms with van der Waals surface area (Å²) in [4.78, 5) is 0. The number of rotatable bonds is 8. The zero-order valence-electron chi connectivity index (χ0n) is 20.3. The summed E-state index contributed by atoms with van der Waals surface area (Å²) in [7, 11) is 1.86. The number of fused-ring (bicyclic) bond motifs is 2. The van der Waals surface area contributed by atoms with Crippen LogP contribution in [0.3, 0.4) is 0 Å². The number of methoxy groups -OCH3 is 1. The van der Waals surface area contributed by atoms with E-state index in [1.54, 1.807) is 5.57 Å². The van der Waals surface area contributed by atoms with Crippen molar-refractivity contribution < 1.29 is 9.84 Å². The van der Waals surface area contributed by atoms with Gasteiger partial charge in [0.05, 0.1) is 12.2 Å². The molecule has 2 heteroatoms. The highest BCUT2D eigenvalue weighted by molar-refractivity contribution is 5.38. The first kappa shape index (κ1) is 22.6. The third-order valence-corrected chi connectivity index (χ3v) is 9.95. The molecule has 0 radical (unpaired) electrons. The van der Waals surface area contributed by atoms with E-state index >= 15 is 0 Å². The second-order valence-electron chi connectivity index (χ2n) is 12.0. The molecule has 8 atom stereocenters.